The third kappa shape index (κ3) is 4.13. The standard InChI is InChI=1S/C10H13FN2O/c11-10(8-13-14-12)7-6-9-4-2-1-3-5-9/h1-7,10,13H,8,12H2. The van der Waals surface area contributed by atoms with Gasteiger partial charge in [0, 0.05) is 0 Å². The molecule has 1 aromatic rings. The predicted molar refractivity (Wildman–Crippen MR) is 53.6 cm³/mol. The number of rotatable bonds is 5. The fraction of sp³-hybridized carbons (Fsp3) is 0.200. The number of halogens is 1. The first-order valence-electron chi connectivity index (χ1n) is 4.29. The fourth-order valence-corrected chi connectivity index (χ4v) is 0.975. The van der Waals surface area contributed by atoms with Crippen molar-refractivity contribution in [3.63, 3.8) is 0 Å². The van der Waals surface area contributed by atoms with E-state index in [2.05, 4.69) is 16.3 Å². The third-order valence-corrected chi connectivity index (χ3v) is 1.66. The van der Waals surface area contributed by atoms with Crippen molar-refractivity contribution in [2.75, 3.05) is 6.54 Å². The molecule has 3 N–H and O–H groups in total. The Balaban J connectivity index is 2.39. The molecule has 1 rings (SSSR count). The molecule has 0 heterocycles. The van der Waals surface area contributed by atoms with Crippen LogP contribution in [0.3, 0.4) is 0 Å². The lowest BCUT2D eigenvalue weighted by molar-refractivity contribution is 0.0320. The van der Waals surface area contributed by atoms with E-state index in [-0.39, 0.29) is 6.54 Å². The Hall–Kier alpha value is -1.23. The minimum Gasteiger partial charge on any atom is -0.241 e. The van der Waals surface area contributed by atoms with Crippen LogP contribution in [0.25, 0.3) is 6.08 Å². The van der Waals surface area contributed by atoms with Crippen LogP contribution in [0.2, 0.25) is 0 Å². The second kappa shape index (κ2) is 6.26. The molecule has 0 aliphatic rings. The third-order valence-electron chi connectivity index (χ3n) is 1.66. The number of hydrogen-bond donors (Lipinski definition) is 2. The maximum Gasteiger partial charge on any atom is 0.133 e. The fourth-order valence-electron chi connectivity index (χ4n) is 0.975. The summed E-state index contributed by atoms with van der Waals surface area (Å²) >= 11 is 0. The first kappa shape index (κ1) is 10.8. The summed E-state index contributed by atoms with van der Waals surface area (Å²) in [5.41, 5.74) is 3.20. The van der Waals surface area contributed by atoms with Crippen molar-refractivity contribution in [2.45, 2.75) is 6.17 Å². The van der Waals surface area contributed by atoms with Crippen LogP contribution in [-0.2, 0) is 4.94 Å². The Morgan fingerprint density at radius 3 is 2.79 bits per heavy atom. The molecule has 0 aliphatic carbocycles. The monoisotopic (exact) mass is 196 g/mol. The molecule has 0 aliphatic heterocycles. The van der Waals surface area contributed by atoms with Crippen molar-refractivity contribution in [3.05, 3.63) is 42.0 Å². The molecule has 14 heavy (non-hydrogen) atoms. The van der Waals surface area contributed by atoms with Gasteiger partial charge in [-0.3, -0.25) is 0 Å². The minimum absolute atomic E-state index is 0.0415. The van der Waals surface area contributed by atoms with Crippen molar-refractivity contribution in [2.24, 2.45) is 5.90 Å². The highest BCUT2D eigenvalue weighted by Crippen LogP contribution is 2.03. The molecule has 3 nitrogen and oxygen atoms in total. The summed E-state index contributed by atoms with van der Waals surface area (Å²) < 4.78 is 13.0. The maximum absolute atomic E-state index is 13.0. The maximum atomic E-state index is 13.0. The van der Waals surface area contributed by atoms with E-state index < -0.39 is 6.17 Å². The molecule has 4 heteroatoms. The van der Waals surface area contributed by atoms with Gasteiger partial charge in [0.05, 0.1) is 6.54 Å². The molecule has 1 atom stereocenters. The number of hydroxylamine groups is 1. The number of hydrogen-bond acceptors (Lipinski definition) is 3. The van der Waals surface area contributed by atoms with Crippen LogP contribution in [-0.4, -0.2) is 12.7 Å². The van der Waals surface area contributed by atoms with Crippen molar-refractivity contribution >= 4 is 6.08 Å². The average Bonchev–Trinajstić information content (AvgIpc) is 2.25. The van der Waals surface area contributed by atoms with Gasteiger partial charge in [-0.05, 0) is 11.6 Å². The van der Waals surface area contributed by atoms with Crippen LogP contribution in [0, 0.1) is 0 Å². The van der Waals surface area contributed by atoms with Gasteiger partial charge < -0.3 is 0 Å². The predicted octanol–water partition coefficient (Wildman–Crippen LogP) is 1.43. The first-order valence-corrected chi connectivity index (χ1v) is 4.29. The topological polar surface area (TPSA) is 47.3 Å². The molecule has 76 valence electrons. The summed E-state index contributed by atoms with van der Waals surface area (Å²) in [6.07, 6.45) is 2.04. The smallest absolute Gasteiger partial charge is 0.133 e. The van der Waals surface area contributed by atoms with Gasteiger partial charge in [0.15, 0.2) is 0 Å². The second-order valence-corrected chi connectivity index (χ2v) is 2.75. The normalized spacial score (nSPS) is 13.3. The Morgan fingerprint density at radius 2 is 2.14 bits per heavy atom. The van der Waals surface area contributed by atoms with Gasteiger partial charge in [-0.1, -0.05) is 36.4 Å². The highest BCUT2D eigenvalue weighted by atomic mass is 19.1. The summed E-state index contributed by atoms with van der Waals surface area (Å²) in [4.78, 5) is 4.04. The van der Waals surface area contributed by atoms with Crippen molar-refractivity contribution < 1.29 is 9.33 Å². The van der Waals surface area contributed by atoms with Crippen LogP contribution in [0.4, 0.5) is 4.39 Å². The van der Waals surface area contributed by atoms with Crippen molar-refractivity contribution in [1.29, 1.82) is 0 Å². The Bertz CT molecular complexity index is 277. The van der Waals surface area contributed by atoms with Crippen LogP contribution >= 0.6 is 0 Å². The summed E-state index contributed by atoms with van der Waals surface area (Å²) in [6, 6.07) is 9.50. The average molecular weight is 196 g/mol. The molecule has 0 amide bonds. The van der Waals surface area contributed by atoms with Gasteiger partial charge in [-0.15, -0.1) is 0 Å². The van der Waals surface area contributed by atoms with Crippen LogP contribution in [0.5, 0.6) is 0 Å². The summed E-state index contributed by atoms with van der Waals surface area (Å²) in [5, 5.41) is 0. The molecule has 0 saturated carbocycles. The number of nitrogens with one attached hydrogen (secondary N) is 1. The van der Waals surface area contributed by atoms with Crippen LogP contribution in [0.1, 0.15) is 5.56 Å². The zero-order chi connectivity index (χ0) is 10.2. The van der Waals surface area contributed by atoms with E-state index >= 15 is 0 Å². The summed E-state index contributed by atoms with van der Waals surface area (Å²) in [6.45, 7) is 0.0415. The largest absolute Gasteiger partial charge is 0.241 e. The van der Waals surface area contributed by atoms with E-state index in [0.29, 0.717) is 0 Å². The zero-order valence-corrected chi connectivity index (χ0v) is 7.69. The molecular weight excluding hydrogens is 183 g/mol. The highest BCUT2D eigenvalue weighted by molar-refractivity contribution is 5.49. The lowest BCUT2D eigenvalue weighted by atomic mass is 10.2. The first-order chi connectivity index (χ1) is 6.83. The van der Waals surface area contributed by atoms with Crippen molar-refractivity contribution in [1.82, 2.24) is 5.48 Å². The minimum atomic E-state index is -1.11. The van der Waals surface area contributed by atoms with Gasteiger partial charge >= 0.3 is 0 Å². The van der Waals surface area contributed by atoms with Gasteiger partial charge in [0.2, 0.25) is 0 Å². The second-order valence-electron chi connectivity index (χ2n) is 2.75. The molecular formula is C10H13FN2O. The molecule has 1 aromatic carbocycles. The SMILES string of the molecule is NONCC(F)C=Cc1ccccc1. The molecule has 0 spiro atoms. The molecule has 0 bridgehead atoms. The van der Waals surface area contributed by atoms with Crippen LogP contribution < -0.4 is 11.4 Å². The van der Waals surface area contributed by atoms with E-state index in [1.54, 1.807) is 6.08 Å². The Labute approximate surface area is 82.3 Å². The number of benzene rings is 1. The molecule has 0 aromatic heterocycles. The highest BCUT2D eigenvalue weighted by Gasteiger charge is 1.99. The quantitative estimate of drug-likeness (QED) is 0.700. The molecule has 0 saturated heterocycles. The lowest BCUT2D eigenvalue weighted by Gasteiger charge is -2.01. The Kier molecular flexibility index (Phi) is 4.85. The van der Waals surface area contributed by atoms with Gasteiger partial charge in [-0.25, -0.2) is 9.33 Å². The Morgan fingerprint density at radius 1 is 1.43 bits per heavy atom. The number of alkyl halides is 1. The molecule has 1 unspecified atom stereocenters. The van der Waals surface area contributed by atoms with Crippen LogP contribution in [0.15, 0.2) is 36.4 Å². The summed E-state index contributed by atoms with van der Waals surface area (Å²) in [5.74, 6) is 4.68. The summed E-state index contributed by atoms with van der Waals surface area (Å²) in [7, 11) is 0. The van der Waals surface area contributed by atoms with E-state index in [1.807, 2.05) is 30.3 Å². The van der Waals surface area contributed by atoms with Crippen molar-refractivity contribution in [3.8, 4) is 0 Å². The van der Waals surface area contributed by atoms with E-state index in [1.165, 1.54) is 6.08 Å². The van der Waals surface area contributed by atoms with E-state index in [0.717, 1.165) is 5.56 Å². The molecule has 0 radical (unpaired) electrons. The lowest BCUT2D eigenvalue weighted by Crippen LogP contribution is -2.25. The number of nitrogens with two attached hydrogens (primary N) is 1. The van der Waals surface area contributed by atoms with Gasteiger partial charge in [0.25, 0.3) is 0 Å². The van der Waals surface area contributed by atoms with Gasteiger partial charge in [0.1, 0.15) is 6.17 Å². The van der Waals surface area contributed by atoms with E-state index in [4.69, 9.17) is 0 Å². The van der Waals surface area contributed by atoms with E-state index in [9.17, 15) is 4.39 Å². The molecule has 0 fully saturated rings. The zero-order valence-electron chi connectivity index (χ0n) is 7.69. The van der Waals surface area contributed by atoms with Gasteiger partial charge in [-0.2, -0.15) is 11.4 Å².